The highest BCUT2D eigenvalue weighted by Gasteiger charge is 2.21. The molecular weight excluding hydrogens is 334 g/mol. The van der Waals surface area contributed by atoms with Crippen LogP contribution in [0.2, 0.25) is 0 Å². The largest absolute Gasteiger partial charge is 0.399 e. The minimum atomic E-state index is -0.454. The minimum Gasteiger partial charge on any atom is -0.399 e. The SMILES string of the molecule is Cc1ccc(N)cc1NC(=O)CCn1nc(C)c([N+](=O)[O-])c1C.Cl. The summed E-state index contributed by atoms with van der Waals surface area (Å²) < 4.78 is 1.49. The number of aromatic nitrogens is 2. The monoisotopic (exact) mass is 353 g/mol. The summed E-state index contributed by atoms with van der Waals surface area (Å²) in [4.78, 5) is 22.6. The van der Waals surface area contributed by atoms with Crippen molar-refractivity contribution in [3.05, 3.63) is 45.3 Å². The van der Waals surface area contributed by atoms with Crippen LogP contribution in [0.4, 0.5) is 17.1 Å². The second-order valence-electron chi connectivity index (χ2n) is 5.37. The molecule has 2 aromatic rings. The Balaban J connectivity index is 0.00000288. The number of nitrogens with one attached hydrogen (secondary N) is 1. The lowest BCUT2D eigenvalue weighted by Gasteiger charge is -2.09. The number of hydrogen-bond acceptors (Lipinski definition) is 5. The number of amides is 1. The average Bonchev–Trinajstić information content (AvgIpc) is 2.75. The summed E-state index contributed by atoms with van der Waals surface area (Å²) in [5.41, 5.74) is 8.64. The van der Waals surface area contributed by atoms with E-state index in [4.69, 9.17) is 5.73 Å². The van der Waals surface area contributed by atoms with E-state index in [0.717, 1.165) is 5.56 Å². The fourth-order valence-electron chi connectivity index (χ4n) is 2.36. The Kier molecular flexibility index (Phi) is 6.30. The van der Waals surface area contributed by atoms with Gasteiger partial charge in [-0.05, 0) is 38.5 Å². The number of rotatable bonds is 5. The molecule has 8 nitrogen and oxygen atoms in total. The number of anilines is 2. The van der Waals surface area contributed by atoms with Gasteiger partial charge in [-0.3, -0.25) is 19.6 Å². The number of nitrogen functional groups attached to an aromatic ring is 1. The van der Waals surface area contributed by atoms with Crippen molar-refractivity contribution in [3.63, 3.8) is 0 Å². The normalized spacial score (nSPS) is 10.1. The van der Waals surface area contributed by atoms with Gasteiger partial charge in [0.05, 0.1) is 11.5 Å². The predicted molar refractivity (Wildman–Crippen MR) is 94.4 cm³/mol. The van der Waals surface area contributed by atoms with Gasteiger partial charge < -0.3 is 11.1 Å². The molecule has 0 fully saturated rings. The lowest BCUT2D eigenvalue weighted by Crippen LogP contribution is -2.16. The number of carbonyl (C=O) groups is 1. The molecule has 1 amide bonds. The maximum atomic E-state index is 12.1. The molecule has 3 N–H and O–H groups in total. The van der Waals surface area contributed by atoms with Crippen LogP contribution in [0.15, 0.2) is 18.2 Å². The highest BCUT2D eigenvalue weighted by molar-refractivity contribution is 5.92. The molecule has 0 bridgehead atoms. The highest BCUT2D eigenvalue weighted by atomic mass is 35.5. The first-order valence-corrected chi connectivity index (χ1v) is 7.14. The number of aryl methyl sites for hydroxylation is 3. The standard InChI is InChI=1S/C15H19N5O3.ClH/c1-9-4-5-12(16)8-13(9)17-14(21)6-7-19-11(3)15(20(22)23)10(2)18-19;/h4-5,8H,6-7,16H2,1-3H3,(H,17,21);1H. The molecule has 1 heterocycles. The first-order chi connectivity index (χ1) is 10.8. The zero-order chi connectivity index (χ0) is 17.1. The van der Waals surface area contributed by atoms with Gasteiger partial charge in [-0.25, -0.2) is 0 Å². The topological polar surface area (TPSA) is 116 Å². The molecular formula is C15H20ClN5O3. The van der Waals surface area contributed by atoms with Gasteiger partial charge in [-0.15, -0.1) is 12.4 Å². The van der Waals surface area contributed by atoms with E-state index in [0.29, 0.717) is 22.8 Å². The van der Waals surface area contributed by atoms with Gasteiger partial charge in [0, 0.05) is 17.8 Å². The molecule has 0 radical (unpaired) electrons. The first kappa shape index (κ1) is 19.4. The summed E-state index contributed by atoms with van der Waals surface area (Å²) in [6.45, 7) is 5.35. The van der Waals surface area contributed by atoms with Gasteiger partial charge in [0.1, 0.15) is 11.4 Å². The van der Waals surface area contributed by atoms with Gasteiger partial charge in [-0.1, -0.05) is 6.07 Å². The molecule has 0 unspecified atom stereocenters. The van der Waals surface area contributed by atoms with Crippen molar-refractivity contribution in [1.82, 2.24) is 9.78 Å². The van der Waals surface area contributed by atoms with Gasteiger partial charge >= 0.3 is 5.69 Å². The van der Waals surface area contributed by atoms with E-state index in [1.165, 1.54) is 4.68 Å². The van der Waals surface area contributed by atoms with Gasteiger partial charge in [-0.2, -0.15) is 5.10 Å². The number of nitro groups is 1. The summed E-state index contributed by atoms with van der Waals surface area (Å²) in [6.07, 6.45) is 0.160. The van der Waals surface area contributed by atoms with Crippen LogP contribution < -0.4 is 11.1 Å². The van der Waals surface area contributed by atoms with Crippen LogP contribution in [0.3, 0.4) is 0 Å². The third-order valence-electron chi connectivity index (χ3n) is 3.61. The van der Waals surface area contributed by atoms with Crippen molar-refractivity contribution in [1.29, 1.82) is 0 Å². The zero-order valence-electron chi connectivity index (χ0n) is 13.7. The van der Waals surface area contributed by atoms with E-state index >= 15 is 0 Å². The number of nitrogens with zero attached hydrogens (tertiary/aromatic N) is 3. The van der Waals surface area contributed by atoms with Crippen LogP contribution in [0.25, 0.3) is 0 Å². The number of halogens is 1. The number of hydrogen-bond donors (Lipinski definition) is 2. The zero-order valence-corrected chi connectivity index (χ0v) is 14.5. The Hall–Kier alpha value is -2.61. The molecule has 0 aliphatic carbocycles. The third kappa shape index (κ3) is 4.23. The van der Waals surface area contributed by atoms with E-state index in [-0.39, 0.29) is 37.0 Å². The second-order valence-corrected chi connectivity index (χ2v) is 5.37. The lowest BCUT2D eigenvalue weighted by atomic mass is 10.2. The van der Waals surface area contributed by atoms with E-state index in [2.05, 4.69) is 10.4 Å². The molecule has 0 saturated carbocycles. The van der Waals surface area contributed by atoms with Crippen molar-refractivity contribution >= 4 is 35.4 Å². The molecule has 0 aliphatic heterocycles. The summed E-state index contributed by atoms with van der Waals surface area (Å²) in [5.74, 6) is -0.200. The molecule has 130 valence electrons. The van der Waals surface area contributed by atoms with Gasteiger partial charge in [0.2, 0.25) is 5.91 Å². The quantitative estimate of drug-likeness (QED) is 0.487. The van der Waals surface area contributed by atoms with Crippen molar-refractivity contribution in [2.45, 2.75) is 33.7 Å². The second kappa shape index (κ2) is 7.78. The molecule has 2 rings (SSSR count). The van der Waals surface area contributed by atoms with Crippen LogP contribution >= 0.6 is 12.4 Å². The Morgan fingerprint density at radius 3 is 2.62 bits per heavy atom. The van der Waals surface area contributed by atoms with Crippen molar-refractivity contribution < 1.29 is 9.72 Å². The smallest absolute Gasteiger partial charge is 0.312 e. The lowest BCUT2D eigenvalue weighted by molar-refractivity contribution is -0.386. The van der Waals surface area contributed by atoms with Crippen molar-refractivity contribution in [3.8, 4) is 0 Å². The van der Waals surface area contributed by atoms with Crippen molar-refractivity contribution in [2.24, 2.45) is 0 Å². The van der Waals surface area contributed by atoms with E-state index < -0.39 is 4.92 Å². The van der Waals surface area contributed by atoms with Crippen molar-refractivity contribution in [2.75, 3.05) is 11.1 Å². The molecule has 24 heavy (non-hydrogen) atoms. The Bertz CT molecular complexity index is 773. The molecule has 1 aromatic heterocycles. The van der Waals surface area contributed by atoms with Crippen LogP contribution in [0.5, 0.6) is 0 Å². The molecule has 0 aliphatic rings. The predicted octanol–water partition coefficient (Wildman–Crippen LogP) is 2.75. The van der Waals surface area contributed by atoms with Crippen LogP contribution in [-0.4, -0.2) is 20.6 Å². The van der Waals surface area contributed by atoms with E-state index in [1.54, 1.807) is 26.0 Å². The molecule has 1 aromatic carbocycles. The number of nitrogens with two attached hydrogens (primary N) is 1. The van der Waals surface area contributed by atoms with Crippen LogP contribution in [0.1, 0.15) is 23.4 Å². The molecule has 0 saturated heterocycles. The Morgan fingerprint density at radius 2 is 2.04 bits per heavy atom. The molecule has 0 atom stereocenters. The van der Waals surface area contributed by atoms with Crippen LogP contribution in [0, 0.1) is 30.9 Å². The number of carbonyl (C=O) groups excluding carboxylic acids is 1. The molecule has 0 spiro atoms. The summed E-state index contributed by atoms with van der Waals surface area (Å²) in [7, 11) is 0. The summed E-state index contributed by atoms with van der Waals surface area (Å²) >= 11 is 0. The number of benzene rings is 1. The van der Waals surface area contributed by atoms with E-state index in [9.17, 15) is 14.9 Å². The van der Waals surface area contributed by atoms with Gasteiger partial charge in [0.15, 0.2) is 0 Å². The average molecular weight is 354 g/mol. The van der Waals surface area contributed by atoms with Gasteiger partial charge in [0.25, 0.3) is 0 Å². The first-order valence-electron chi connectivity index (χ1n) is 7.14. The molecule has 9 heteroatoms. The highest BCUT2D eigenvalue weighted by Crippen LogP contribution is 2.22. The summed E-state index contributed by atoms with van der Waals surface area (Å²) in [5, 5.41) is 17.9. The third-order valence-corrected chi connectivity index (χ3v) is 3.61. The maximum Gasteiger partial charge on any atom is 0.312 e. The van der Waals surface area contributed by atoms with Crippen LogP contribution in [-0.2, 0) is 11.3 Å². The summed E-state index contributed by atoms with van der Waals surface area (Å²) in [6, 6.07) is 5.29. The fraction of sp³-hybridized carbons (Fsp3) is 0.333. The Labute approximate surface area is 145 Å². The fourth-order valence-corrected chi connectivity index (χ4v) is 2.36. The Morgan fingerprint density at radius 1 is 1.38 bits per heavy atom. The van der Waals surface area contributed by atoms with E-state index in [1.807, 2.05) is 13.0 Å². The maximum absolute atomic E-state index is 12.1. The minimum absolute atomic E-state index is 0.